The summed E-state index contributed by atoms with van der Waals surface area (Å²) in [4.78, 5) is 11.7. The Hall–Kier alpha value is -0.420. The molecule has 0 saturated carbocycles. The smallest absolute Gasteiger partial charge is 0.407 e. The minimum Gasteiger partial charge on any atom is -0.444 e. The van der Waals surface area contributed by atoms with E-state index in [2.05, 4.69) is 24.5 Å². The van der Waals surface area contributed by atoms with E-state index >= 15 is 0 Å². The number of ether oxygens (including phenoxy) is 1. The Kier molecular flexibility index (Phi) is 7.17. The summed E-state index contributed by atoms with van der Waals surface area (Å²) in [5.41, 5.74) is -0.440. The SMILES string of the molecule is CC(C)C(CNC(=O)OC(C)(C)C)NC1CCCSC1. The number of carbonyl (C=O) groups is 1. The lowest BCUT2D eigenvalue weighted by Crippen LogP contribution is -2.50. The van der Waals surface area contributed by atoms with E-state index in [4.69, 9.17) is 4.74 Å². The average Bonchev–Trinajstić information content (AvgIpc) is 2.33. The molecule has 0 aromatic rings. The van der Waals surface area contributed by atoms with E-state index < -0.39 is 5.60 Å². The fourth-order valence-corrected chi connectivity index (χ4v) is 3.25. The highest BCUT2D eigenvalue weighted by Crippen LogP contribution is 2.18. The van der Waals surface area contributed by atoms with E-state index in [1.807, 2.05) is 32.5 Å². The van der Waals surface area contributed by atoms with Gasteiger partial charge in [0.1, 0.15) is 5.60 Å². The summed E-state index contributed by atoms with van der Waals surface area (Å²) in [6.07, 6.45) is 2.19. The number of rotatable bonds is 5. The van der Waals surface area contributed by atoms with Crippen LogP contribution in [0, 0.1) is 5.92 Å². The van der Waals surface area contributed by atoms with Crippen LogP contribution >= 0.6 is 11.8 Å². The molecular weight excluding hydrogens is 272 g/mol. The van der Waals surface area contributed by atoms with Gasteiger partial charge >= 0.3 is 6.09 Å². The third-order valence-corrected chi connectivity index (χ3v) is 4.50. The minimum atomic E-state index is -0.440. The van der Waals surface area contributed by atoms with Gasteiger partial charge in [-0.3, -0.25) is 0 Å². The molecule has 0 aromatic carbocycles. The molecule has 1 heterocycles. The van der Waals surface area contributed by atoms with E-state index in [0.29, 0.717) is 24.5 Å². The summed E-state index contributed by atoms with van der Waals surface area (Å²) in [5, 5.41) is 6.56. The van der Waals surface area contributed by atoms with Crippen molar-refractivity contribution in [2.24, 2.45) is 5.92 Å². The van der Waals surface area contributed by atoms with Crippen molar-refractivity contribution in [1.82, 2.24) is 10.6 Å². The summed E-state index contributed by atoms with van der Waals surface area (Å²) in [6, 6.07) is 0.868. The van der Waals surface area contributed by atoms with Gasteiger partial charge in [-0.05, 0) is 45.3 Å². The molecule has 1 saturated heterocycles. The summed E-state index contributed by atoms with van der Waals surface area (Å²) in [5.74, 6) is 2.94. The first-order valence-electron chi connectivity index (χ1n) is 7.58. The lowest BCUT2D eigenvalue weighted by molar-refractivity contribution is 0.0518. The average molecular weight is 302 g/mol. The number of hydrogen-bond donors (Lipinski definition) is 2. The molecule has 5 heteroatoms. The highest BCUT2D eigenvalue weighted by molar-refractivity contribution is 7.99. The Morgan fingerprint density at radius 1 is 1.40 bits per heavy atom. The lowest BCUT2D eigenvalue weighted by atomic mass is 10.0. The Bertz CT molecular complexity index is 297. The van der Waals surface area contributed by atoms with E-state index in [1.165, 1.54) is 24.3 Å². The van der Waals surface area contributed by atoms with Gasteiger partial charge < -0.3 is 15.4 Å². The predicted octanol–water partition coefficient (Wildman–Crippen LogP) is 3.02. The highest BCUT2D eigenvalue weighted by atomic mass is 32.2. The molecule has 118 valence electrons. The monoisotopic (exact) mass is 302 g/mol. The summed E-state index contributed by atoms with van der Waals surface area (Å²) >= 11 is 2.01. The van der Waals surface area contributed by atoms with Crippen molar-refractivity contribution >= 4 is 17.9 Å². The number of amides is 1. The van der Waals surface area contributed by atoms with E-state index in [1.54, 1.807) is 0 Å². The zero-order valence-corrected chi connectivity index (χ0v) is 14.3. The molecule has 0 bridgehead atoms. The van der Waals surface area contributed by atoms with Crippen molar-refractivity contribution in [1.29, 1.82) is 0 Å². The second-order valence-electron chi connectivity index (χ2n) is 6.81. The van der Waals surface area contributed by atoms with Gasteiger partial charge in [0, 0.05) is 24.4 Å². The van der Waals surface area contributed by atoms with Crippen LogP contribution in [0.2, 0.25) is 0 Å². The zero-order chi connectivity index (χ0) is 15.2. The fourth-order valence-electron chi connectivity index (χ4n) is 2.17. The van der Waals surface area contributed by atoms with Crippen LogP contribution in [0.3, 0.4) is 0 Å². The molecule has 20 heavy (non-hydrogen) atoms. The molecule has 1 aliphatic rings. The number of nitrogens with one attached hydrogen (secondary N) is 2. The highest BCUT2D eigenvalue weighted by Gasteiger charge is 2.22. The predicted molar refractivity (Wildman–Crippen MR) is 86.3 cm³/mol. The van der Waals surface area contributed by atoms with Crippen molar-refractivity contribution < 1.29 is 9.53 Å². The Morgan fingerprint density at radius 2 is 2.10 bits per heavy atom. The molecule has 1 rings (SSSR count). The molecule has 0 spiro atoms. The molecule has 4 nitrogen and oxygen atoms in total. The van der Waals surface area contributed by atoms with Crippen molar-refractivity contribution in [3.8, 4) is 0 Å². The van der Waals surface area contributed by atoms with E-state index in [9.17, 15) is 4.79 Å². The van der Waals surface area contributed by atoms with Crippen LogP contribution < -0.4 is 10.6 Å². The van der Waals surface area contributed by atoms with Crippen LogP contribution in [0.1, 0.15) is 47.5 Å². The van der Waals surface area contributed by atoms with Crippen LogP contribution in [0.15, 0.2) is 0 Å². The molecule has 0 aromatic heterocycles. The van der Waals surface area contributed by atoms with Gasteiger partial charge in [0.2, 0.25) is 0 Å². The number of thioether (sulfide) groups is 1. The maximum absolute atomic E-state index is 11.7. The van der Waals surface area contributed by atoms with E-state index in [-0.39, 0.29) is 6.09 Å². The molecule has 0 aliphatic carbocycles. The quantitative estimate of drug-likeness (QED) is 0.819. The van der Waals surface area contributed by atoms with Gasteiger partial charge in [-0.25, -0.2) is 4.79 Å². The first kappa shape index (κ1) is 17.6. The van der Waals surface area contributed by atoms with E-state index in [0.717, 1.165) is 0 Å². The van der Waals surface area contributed by atoms with Gasteiger partial charge in [-0.15, -0.1) is 0 Å². The first-order chi connectivity index (χ1) is 9.28. The van der Waals surface area contributed by atoms with Crippen LogP contribution in [-0.2, 0) is 4.74 Å². The molecule has 0 radical (unpaired) electrons. The second kappa shape index (κ2) is 8.13. The van der Waals surface area contributed by atoms with Gasteiger partial charge in [-0.1, -0.05) is 13.8 Å². The molecule has 1 amide bonds. The topological polar surface area (TPSA) is 50.4 Å². The number of alkyl carbamates (subject to hydrolysis) is 1. The van der Waals surface area contributed by atoms with Gasteiger partial charge in [-0.2, -0.15) is 11.8 Å². The normalized spacial score (nSPS) is 21.6. The molecule has 1 aliphatic heterocycles. The van der Waals surface area contributed by atoms with Crippen LogP contribution in [-0.4, -0.2) is 41.8 Å². The molecule has 2 N–H and O–H groups in total. The van der Waals surface area contributed by atoms with Crippen LogP contribution in [0.5, 0.6) is 0 Å². The Labute approximate surface area is 127 Å². The maximum atomic E-state index is 11.7. The molecule has 2 atom stereocenters. The lowest BCUT2D eigenvalue weighted by Gasteiger charge is -2.31. The summed E-state index contributed by atoms with van der Waals surface area (Å²) in [6.45, 7) is 10.6. The molecule has 2 unspecified atom stereocenters. The third-order valence-electron chi connectivity index (χ3n) is 3.28. The molecule has 1 fully saturated rings. The van der Waals surface area contributed by atoms with Crippen molar-refractivity contribution in [3.63, 3.8) is 0 Å². The van der Waals surface area contributed by atoms with Gasteiger partial charge in [0.05, 0.1) is 0 Å². The first-order valence-corrected chi connectivity index (χ1v) is 8.74. The Morgan fingerprint density at radius 3 is 2.60 bits per heavy atom. The van der Waals surface area contributed by atoms with Crippen LogP contribution in [0.4, 0.5) is 4.79 Å². The van der Waals surface area contributed by atoms with Gasteiger partial charge in [0.25, 0.3) is 0 Å². The minimum absolute atomic E-state index is 0.297. The summed E-state index contributed by atoms with van der Waals surface area (Å²) in [7, 11) is 0. The number of hydrogen-bond acceptors (Lipinski definition) is 4. The van der Waals surface area contributed by atoms with Gasteiger partial charge in [0.15, 0.2) is 0 Å². The standard InChI is InChI=1S/C15H30N2O2S/c1-11(2)13(17-12-7-6-8-20-10-12)9-16-14(18)19-15(3,4)5/h11-13,17H,6-10H2,1-5H3,(H,16,18). The zero-order valence-electron chi connectivity index (χ0n) is 13.5. The third kappa shape index (κ3) is 7.39. The van der Waals surface area contributed by atoms with Crippen molar-refractivity contribution in [2.45, 2.75) is 65.1 Å². The second-order valence-corrected chi connectivity index (χ2v) is 7.96. The van der Waals surface area contributed by atoms with Crippen molar-refractivity contribution in [2.75, 3.05) is 18.1 Å². The van der Waals surface area contributed by atoms with Crippen LogP contribution in [0.25, 0.3) is 0 Å². The molecular formula is C15H30N2O2S. The maximum Gasteiger partial charge on any atom is 0.407 e. The Balaban J connectivity index is 2.36. The largest absolute Gasteiger partial charge is 0.444 e. The fraction of sp³-hybridized carbons (Fsp3) is 0.933. The van der Waals surface area contributed by atoms with Crippen molar-refractivity contribution in [3.05, 3.63) is 0 Å². The number of carbonyl (C=O) groups excluding carboxylic acids is 1. The summed E-state index contributed by atoms with van der Waals surface area (Å²) < 4.78 is 5.28.